The van der Waals surface area contributed by atoms with Crippen LogP contribution in [-0.4, -0.2) is 11.0 Å². The van der Waals surface area contributed by atoms with E-state index in [1.165, 1.54) is 0 Å². The molecule has 0 bridgehead atoms. The molecule has 0 saturated carbocycles. The number of esters is 1. The van der Waals surface area contributed by atoms with Gasteiger partial charge in [0.1, 0.15) is 6.61 Å². The van der Waals surface area contributed by atoms with Crippen molar-refractivity contribution in [2.45, 2.75) is 20.5 Å². The highest BCUT2D eigenvalue weighted by Crippen LogP contribution is 2.28. The Morgan fingerprint density at radius 1 is 1.46 bits per heavy atom. The average molecular weight is 198 g/mol. The predicted molar refractivity (Wildman–Crippen MR) is 47.8 cm³/mol. The Hall–Kier alpha value is -1.09. The largest absolute Gasteiger partial charge is 0.455 e. The summed E-state index contributed by atoms with van der Waals surface area (Å²) in [5.74, 6) is -0.318. The van der Waals surface area contributed by atoms with E-state index >= 15 is 0 Å². The summed E-state index contributed by atoms with van der Waals surface area (Å²) in [6, 6.07) is 0. The Labute approximate surface area is 80.7 Å². The van der Waals surface area contributed by atoms with Crippen LogP contribution in [0.3, 0.4) is 0 Å². The molecule has 13 heavy (non-hydrogen) atoms. The van der Waals surface area contributed by atoms with Crippen LogP contribution in [-0.2, 0) is 11.3 Å². The second-order valence-corrected chi connectivity index (χ2v) is 3.41. The highest BCUT2D eigenvalue weighted by Gasteiger charge is 2.26. The third-order valence-electron chi connectivity index (χ3n) is 2.16. The fraction of sp³-hybridized carbons (Fsp3) is 0.333. The van der Waals surface area contributed by atoms with Gasteiger partial charge in [0.25, 0.3) is 0 Å². The lowest BCUT2D eigenvalue weighted by atomic mass is 10.1. The van der Waals surface area contributed by atoms with E-state index in [4.69, 9.17) is 16.3 Å². The minimum Gasteiger partial charge on any atom is -0.455 e. The van der Waals surface area contributed by atoms with Crippen LogP contribution in [0.2, 0.25) is 5.02 Å². The number of hydrogen-bond acceptors (Lipinski definition) is 3. The van der Waals surface area contributed by atoms with E-state index in [9.17, 15) is 4.79 Å². The van der Waals surface area contributed by atoms with E-state index in [2.05, 4.69) is 4.98 Å². The molecule has 0 saturated heterocycles. The first kappa shape index (κ1) is 8.51. The summed E-state index contributed by atoms with van der Waals surface area (Å²) in [6.45, 7) is 3.90. The summed E-state index contributed by atoms with van der Waals surface area (Å²) in [5.41, 5.74) is 2.75. The number of fused-ring (bicyclic) bond motifs is 1. The zero-order valence-corrected chi connectivity index (χ0v) is 8.10. The molecule has 0 atom stereocenters. The molecule has 1 aliphatic rings. The van der Waals surface area contributed by atoms with Crippen LogP contribution in [0.15, 0.2) is 0 Å². The summed E-state index contributed by atoms with van der Waals surface area (Å²) >= 11 is 5.96. The van der Waals surface area contributed by atoms with Gasteiger partial charge in [-0.3, -0.25) is 4.98 Å². The van der Waals surface area contributed by atoms with Crippen molar-refractivity contribution >= 4 is 17.6 Å². The third kappa shape index (κ3) is 1.11. The topological polar surface area (TPSA) is 39.2 Å². The normalized spacial score (nSPS) is 14.2. The summed E-state index contributed by atoms with van der Waals surface area (Å²) < 4.78 is 4.85. The number of ether oxygens (including phenoxy) is 1. The Kier molecular flexibility index (Phi) is 1.77. The van der Waals surface area contributed by atoms with E-state index in [1.54, 1.807) is 0 Å². The number of carbonyl (C=O) groups excluding carboxylic acids is 1. The van der Waals surface area contributed by atoms with Crippen LogP contribution in [0.4, 0.5) is 0 Å². The smallest absolute Gasteiger partial charge is 0.340 e. The second-order valence-electron chi connectivity index (χ2n) is 3.03. The molecule has 0 unspecified atom stereocenters. The summed E-state index contributed by atoms with van der Waals surface area (Å²) in [6.07, 6.45) is 0. The fourth-order valence-corrected chi connectivity index (χ4v) is 1.62. The number of rotatable bonds is 0. The first-order valence-corrected chi connectivity index (χ1v) is 4.31. The van der Waals surface area contributed by atoms with Crippen LogP contribution in [0.5, 0.6) is 0 Å². The maximum atomic E-state index is 11.2. The molecule has 4 heteroatoms. The molecule has 0 radical (unpaired) electrons. The number of nitrogens with zero attached hydrogens (tertiary/aromatic N) is 1. The molecule has 68 valence electrons. The van der Waals surface area contributed by atoms with Gasteiger partial charge in [-0.25, -0.2) is 4.79 Å². The van der Waals surface area contributed by atoms with Gasteiger partial charge < -0.3 is 4.74 Å². The molecule has 0 spiro atoms. The van der Waals surface area contributed by atoms with Gasteiger partial charge in [0.2, 0.25) is 0 Å². The summed E-state index contributed by atoms with van der Waals surface area (Å²) in [5, 5.41) is 0.553. The average Bonchev–Trinajstić information content (AvgIpc) is 2.43. The van der Waals surface area contributed by atoms with E-state index in [0.717, 1.165) is 11.3 Å². The molecule has 0 N–H and O–H groups in total. The number of aromatic nitrogens is 1. The van der Waals surface area contributed by atoms with Gasteiger partial charge in [-0.15, -0.1) is 0 Å². The molecule has 1 aliphatic heterocycles. The van der Waals surface area contributed by atoms with Crippen molar-refractivity contribution in [1.29, 1.82) is 0 Å². The van der Waals surface area contributed by atoms with E-state index in [-0.39, 0.29) is 12.6 Å². The molecule has 2 heterocycles. The second kappa shape index (κ2) is 2.70. The van der Waals surface area contributed by atoms with Gasteiger partial charge in [0.15, 0.2) is 0 Å². The molecule has 1 aromatic rings. The number of hydrogen-bond donors (Lipinski definition) is 0. The summed E-state index contributed by atoms with van der Waals surface area (Å²) in [7, 11) is 0. The monoisotopic (exact) mass is 197 g/mol. The van der Waals surface area contributed by atoms with E-state index in [0.29, 0.717) is 16.3 Å². The van der Waals surface area contributed by atoms with Crippen LogP contribution in [0.1, 0.15) is 27.3 Å². The third-order valence-corrected chi connectivity index (χ3v) is 2.71. The Morgan fingerprint density at radius 3 is 2.85 bits per heavy atom. The number of pyridine rings is 1. The van der Waals surface area contributed by atoms with Crippen molar-refractivity contribution in [3.8, 4) is 0 Å². The molecule has 0 aliphatic carbocycles. The molecule has 2 rings (SSSR count). The van der Waals surface area contributed by atoms with Gasteiger partial charge in [0.05, 0.1) is 22.0 Å². The minimum atomic E-state index is -0.318. The molecular weight excluding hydrogens is 190 g/mol. The highest BCUT2D eigenvalue weighted by molar-refractivity contribution is 6.32. The zero-order chi connectivity index (χ0) is 9.59. The Bertz CT molecular complexity index is 401. The highest BCUT2D eigenvalue weighted by atomic mass is 35.5. The standard InChI is InChI=1S/C9H8ClNO2/c1-4-7-6(3-13-9(7)12)11-5(2)8(4)10/h3H2,1-2H3. The Balaban J connectivity index is 2.75. The van der Waals surface area contributed by atoms with Gasteiger partial charge in [-0.05, 0) is 19.4 Å². The molecule has 0 fully saturated rings. The van der Waals surface area contributed by atoms with Crippen molar-refractivity contribution in [2.24, 2.45) is 0 Å². The molecule has 3 nitrogen and oxygen atoms in total. The maximum Gasteiger partial charge on any atom is 0.340 e. The maximum absolute atomic E-state index is 11.2. The molecular formula is C9H8ClNO2. The first-order chi connectivity index (χ1) is 6.11. The van der Waals surface area contributed by atoms with Gasteiger partial charge in [-0.2, -0.15) is 0 Å². The fourth-order valence-electron chi connectivity index (χ4n) is 1.49. The molecule has 1 aromatic heterocycles. The minimum absolute atomic E-state index is 0.271. The lowest BCUT2D eigenvalue weighted by molar-refractivity contribution is 0.0533. The van der Waals surface area contributed by atoms with Gasteiger partial charge in [-0.1, -0.05) is 11.6 Å². The number of halogens is 1. The first-order valence-electron chi connectivity index (χ1n) is 3.94. The zero-order valence-electron chi connectivity index (χ0n) is 7.35. The number of carbonyl (C=O) groups is 1. The van der Waals surface area contributed by atoms with E-state index < -0.39 is 0 Å². The van der Waals surface area contributed by atoms with Crippen LogP contribution < -0.4 is 0 Å². The van der Waals surface area contributed by atoms with Crippen LogP contribution in [0.25, 0.3) is 0 Å². The molecule has 0 amide bonds. The summed E-state index contributed by atoms with van der Waals surface area (Å²) in [4.78, 5) is 15.4. The van der Waals surface area contributed by atoms with Gasteiger partial charge >= 0.3 is 5.97 Å². The number of aryl methyl sites for hydroxylation is 1. The lowest BCUT2D eigenvalue weighted by Gasteiger charge is -2.04. The van der Waals surface area contributed by atoms with E-state index in [1.807, 2.05) is 13.8 Å². The van der Waals surface area contributed by atoms with Crippen molar-refractivity contribution in [3.63, 3.8) is 0 Å². The Morgan fingerprint density at radius 2 is 2.15 bits per heavy atom. The van der Waals surface area contributed by atoms with Crippen molar-refractivity contribution in [3.05, 3.63) is 27.5 Å². The van der Waals surface area contributed by atoms with Crippen LogP contribution >= 0.6 is 11.6 Å². The lowest BCUT2D eigenvalue weighted by Crippen LogP contribution is -2.01. The number of cyclic esters (lactones) is 1. The van der Waals surface area contributed by atoms with Gasteiger partial charge in [0, 0.05) is 0 Å². The molecule has 0 aromatic carbocycles. The van der Waals surface area contributed by atoms with Crippen LogP contribution in [0, 0.1) is 13.8 Å². The SMILES string of the molecule is Cc1nc2c(c(C)c1Cl)C(=O)OC2. The predicted octanol–water partition coefficient (Wildman–Crippen LogP) is 2.02. The van der Waals surface area contributed by atoms with Crippen molar-refractivity contribution in [2.75, 3.05) is 0 Å². The quantitative estimate of drug-likeness (QED) is 0.598. The van der Waals surface area contributed by atoms with Crippen molar-refractivity contribution in [1.82, 2.24) is 4.98 Å². The van der Waals surface area contributed by atoms with Crippen molar-refractivity contribution < 1.29 is 9.53 Å².